The molecule has 0 spiro atoms. The van der Waals surface area contributed by atoms with E-state index in [0.29, 0.717) is 0 Å². The summed E-state index contributed by atoms with van der Waals surface area (Å²) in [5.74, 6) is -1.42. The highest BCUT2D eigenvalue weighted by atomic mass is 19.1. The first-order chi connectivity index (χ1) is 7.41. The van der Waals surface area contributed by atoms with Crippen LogP contribution in [-0.4, -0.2) is 48.3 Å². The Morgan fingerprint density at radius 1 is 1.31 bits per heavy atom. The van der Waals surface area contributed by atoms with Crippen LogP contribution in [0.15, 0.2) is 0 Å². The minimum Gasteiger partial charge on any atom is -0.457 e. The van der Waals surface area contributed by atoms with E-state index in [1.54, 1.807) is 0 Å². The number of carbonyl (C=O) groups is 2. The van der Waals surface area contributed by atoms with E-state index in [1.165, 1.54) is 0 Å². The Bertz CT molecular complexity index is 281. The predicted octanol–water partition coefficient (Wildman–Crippen LogP) is -0.464. The lowest BCUT2D eigenvalue weighted by atomic mass is 10.1. The Morgan fingerprint density at radius 2 is 1.88 bits per heavy atom. The van der Waals surface area contributed by atoms with E-state index < -0.39 is 36.6 Å². The van der Waals surface area contributed by atoms with Crippen LogP contribution in [0.1, 0.15) is 13.8 Å². The van der Waals surface area contributed by atoms with E-state index >= 15 is 0 Å². The van der Waals surface area contributed by atoms with Gasteiger partial charge in [-0.1, -0.05) is 0 Å². The van der Waals surface area contributed by atoms with E-state index in [-0.39, 0.29) is 6.61 Å². The Labute approximate surface area is 91.3 Å². The number of ether oxygens (including phenoxy) is 3. The Balaban J connectivity index is 2.66. The van der Waals surface area contributed by atoms with Gasteiger partial charge in [0.1, 0.15) is 0 Å². The third kappa shape index (κ3) is 3.14. The fourth-order valence-corrected chi connectivity index (χ4v) is 1.38. The van der Waals surface area contributed by atoms with Crippen molar-refractivity contribution >= 4 is 11.9 Å². The standard InChI is InChI=1S/C9H13FO6/c1-4(11)15-6-3-14-9(13)8(7(6)10)16-5(2)12/h6-9,13H,3H2,1-2H3/t6-,7+,8-,9-/m1/s1. The normalized spacial score (nSPS) is 34.2. The zero-order valence-corrected chi connectivity index (χ0v) is 8.88. The molecule has 0 unspecified atom stereocenters. The summed E-state index contributed by atoms with van der Waals surface area (Å²) >= 11 is 0. The van der Waals surface area contributed by atoms with Crippen molar-refractivity contribution in [2.75, 3.05) is 6.61 Å². The number of esters is 2. The van der Waals surface area contributed by atoms with Crippen LogP contribution in [0, 0.1) is 0 Å². The summed E-state index contributed by atoms with van der Waals surface area (Å²) in [4.78, 5) is 21.3. The maximum absolute atomic E-state index is 13.7. The number of rotatable bonds is 2. The van der Waals surface area contributed by atoms with E-state index in [9.17, 15) is 19.1 Å². The number of hydrogen-bond acceptors (Lipinski definition) is 6. The molecule has 92 valence electrons. The smallest absolute Gasteiger partial charge is 0.303 e. The quantitative estimate of drug-likeness (QED) is 0.653. The molecule has 6 nitrogen and oxygen atoms in total. The average molecular weight is 236 g/mol. The number of alkyl halides is 1. The Hall–Kier alpha value is -1.21. The van der Waals surface area contributed by atoms with Crippen molar-refractivity contribution in [1.82, 2.24) is 0 Å². The highest BCUT2D eigenvalue weighted by molar-refractivity contribution is 5.67. The maximum Gasteiger partial charge on any atom is 0.303 e. The molecular weight excluding hydrogens is 223 g/mol. The van der Waals surface area contributed by atoms with Crippen LogP contribution in [-0.2, 0) is 23.8 Å². The van der Waals surface area contributed by atoms with Gasteiger partial charge in [0.05, 0.1) is 6.61 Å². The monoisotopic (exact) mass is 236 g/mol. The number of hydrogen-bond donors (Lipinski definition) is 1. The van der Waals surface area contributed by atoms with Crippen LogP contribution >= 0.6 is 0 Å². The molecule has 4 atom stereocenters. The fourth-order valence-electron chi connectivity index (χ4n) is 1.38. The molecule has 16 heavy (non-hydrogen) atoms. The number of halogens is 1. The molecule has 7 heteroatoms. The fraction of sp³-hybridized carbons (Fsp3) is 0.778. The van der Waals surface area contributed by atoms with Crippen molar-refractivity contribution < 1.29 is 33.3 Å². The molecule has 1 fully saturated rings. The lowest BCUT2D eigenvalue weighted by molar-refractivity contribution is -0.251. The number of aliphatic hydroxyl groups is 1. The second-order valence-electron chi connectivity index (χ2n) is 3.39. The second-order valence-corrected chi connectivity index (χ2v) is 3.39. The largest absolute Gasteiger partial charge is 0.457 e. The van der Waals surface area contributed by atoms with Crippen molar-refractivity contribution in [1.29, 1.82) is 0 Å². The molecular formula is C9H13FO6. The van der Waals surface area contributed by atoms with Gasteiger partial charge in [-0.3, -0.25) is 9.59 Å². The zero-order chi connectivity index (χ0) is 12.3. The lowest BCUT2D eigenvalue weighted by Crippen LogP contribution is -2.53. The summed E-state index contributed by atoms with van der Waals surface area (Å²) in [6.07, 6.45) is -6.01. The maximum atomic E-state index is 13.7. The van der Waals surface area contributed by atoms with Gasteiger partial charge in [-0.05, 0) is 0 Å². The molecule has 1 rings (SSSR count). The summed E-state index contributed by atoms with van der Waals surface area (Å²) in [6, 6.07) is 0. The Kier molecular flexibility index (Phi) is 4.19. The lowest BCUT2D eigenvalue weighted by Gasteiger charge is -2.34. The van der Waals surface area contributed by atoms with Crippen LogP contribution in [0.4, 0.5) is 4.39 Å². The minimum atomic E-state index is -1.81. The van der Waals surface area contributed by atoms with Gasteiger partial charge in [0, 0.05) is 13.8 Å². The van der Waals surface area contributed by atoms with Crippen LogP contribution < -0.4 is 0 Å². The third-order valence-corrected chi connectivity index (χ3v) is 2.00. The first kappa shape index (κ1) is 12.9. The minimum absolute atomic E-state index is 0.278. The zero-order valence-electron chi connectivity index (χ0n) is 8.88. The van der Waals surface area contributed by atoms with Gasteiger partial charge in [0.2, 0.25) is 0 Å². The predicted molar refractivity (Wildman–Crippen MR) is 48.0 cm³/mol. The van der Waals surface area contributed by atoms with E-state index in [4.69, 9.17) is 4.74 Å². The molecule has 1 heterocycles. The molecule has 0 bridgehead atoms. The van der Waals surface area contributed by atoms with Gasteiger partial charge in [-0.2, -0.15) is 0 Å². The van der Waals surface area contributed by atoms with Crippen molar-refractivity contribution in [2.24, 2.45) is 0 Å². The molecule has 0 aliphatic carbocycles. The molecule has 1 N–H and O–H groups in total. The van der Waals surface area contributed by atoms with Crippen LogP contribution in [0.2, 0.25) is 0 Å². The van der Waals surface area contributed by atoms with Crippen LogP contribution in [0.25, 0.3) is 0 Å². The molecule has 0 saturated carbocycles. The first-order valence-electron chi connectivity index (χ1n) is 4.70. The second kappa shape index (κ2) is 5.22. The molecule has 0 aromatic carbocycles. The first-order valence-corrected chi connectivity index (χ1v) is 4.70. The summed E-state index contributed by atoms with van der Waals surface area (Å²) in [7, 11) is 0. The molecule has 1 aliphatic rings. The number of carbonyl (C=O) groups excluding carboxylic acids is 2. The molecule has 1 aliphatic heterocycles. The van der Waals surface area contributed by atoms with Gasteiger partial charge in [0.25, 0.3) is 0 Å². The summed E-state index contributed by atoms with van der Waals surface area (Å²) < 4.78 is 27.6. The van der Waals surface area contributed by atoms with Gasteiger partial charge >= 0.3 is 11.9 Å². The topological polar surface area (TPSA) is 82.1 Å². The van der Waals surface area contributed by atoms with Gasteiger partial charge in [0.15, 0.2) is 24.7 Å². The van der Waals surface area contributed by atoms with Crippen LogP contribution in [0.5, 0.6) is 0 Å². The number of aliphatic hydroxyl groups excluding tert-OH is 1. The van der Waals surface area contributed by atoms with E-state index in [0.717, 1.165) is 13.8 Å². The molecule has 0 aromatic heterocycles. The highest BCUT2D eigenvalue weighted by Crippen LogP contribution is 2.22. The Morgan fingerprint density at radius 3 is 2.38 bits per heavy atom. The van der Waals surface area contributed by atoms with Crippen molar-refractivity contribution in [3.63, 3.8) is 0 Å². The third-order valence-electron chi connectivity index (χ3n) is 2.00. The van der Waals surface area contributed by atoms with E-state index in [2.05, 4.69) is 9.47 Å². The van der Waals surface area contributed by atoms with Crippen molar-refractivity contribution in [3.05, 3.63) is 0 Å². The SMILES string of the molecule is CC(=O)O[C@@H]1[C@@H](F)[C@H](OC(C)=O)CO[C@H]1O. The van der Waals surface area contributed by atoms with Crippen molar-refractivity contribution in [2.45, 2.75) is 38.5 Å². The molecule has 0 radical (unpaired) electrons. The van der Waals surface area contributed by atoms with E-state index in [1.807, 2.05) is 0 Å². The summed E-state index contributed by atoms with van der Waals surface area (Å²) in [5.41, 5.74) is 0. The van der Waals surface area contributed by atoms with Gasteiger partial charge in [-0.25, -0.2) is 4.39 Å². The summed E-state index contributed by atoms with van der Waals surface area (Å²) in [6.45, 7) is 1.92. The highest BCUT2D eigenvalue weighted by Gasteiger charge is 2.44. The van der Waals surface area contributed by atoms with Gasteiger partial charge in [-0.15, -0.1) is 0 Å². The molecule has 0 amide bonds. The van der Waals surface area contributed by atoms with Gasteiger partial charge < -0.3 is 19.3 Å². The van der Waals surface area contributed by atoms with Crippen molar-refractivity contribution in [3.8, 4) is 0 Å². The molecule has 1 saturated heterocycles. The molecule has 0 aromatic rings. The van der Waals surface area contributed by atoms with Crippen LogP contribution in [0.3, 0.4) is 0 Å². The average Bonchev–Trinajstić information content (AvgIpc) is 2.16. The summed E-state index contributed by atoms with van der Waals surface area (Å²) in [5, 5.41) is 9.26.